The van der Waals surface area contributed by atoms with Crippen LogP contribution in [-0.2, 0) is 4.74 Å². The van der Waals surface area contributed by atoms with E-state index in [1.807, 2.05) is 30.3 Å². The molecule has 1 heterocycles. The Bertz CT molecular complexity index is 1010. The predicted molar refractivity (Wildman–Crippen MR) is 102 cm³/mol. The van der Waals surface area contributed by atoms with E-state index in [1.54, 1.807) is 6.07 Å². The Morgan fingerprint density at radius 3 is 2.48 bits per heavy atom. The molecule has 0 aliphatic carbocycles. The molecule has 8 heteroatoms. The van der Waals surface area contributed by atoms with Crippen molar-refractivity contribution < 1.29 is 19.2 Å². The van der Waals surface area contributed by atoms with Crippen molar-refractivity contribution in [1.29, 1.82) is 0 Å². The molecule has 0 aliphatic rings. The molecule has 1 N–H and O–H groups in total. The summed E-state index contributed by atoms with van der Waals surface area (Å²) in [5.74, 6) is -1.13. The van der Waals surface area contributed by atoms with Crippen LogP contribution >= 0.6 is 11.3 Å². The molecule has 0 bridgehead atoms. The molecule has 0 fully saturated rings. The molecule has 0 saturated heterocycles. The van der Waals surface area contributed by atoms with Crippen LogP contribution in [0.25, 0.3) is 10.4 Å². The van der Waals surface area contributed by atoms with Crippen molar-refractivity contribution in [3.63, 3.8) is 0 Å². The highest BCUT2D eigenvalue weighted by atomic mass is 32.1. The largest absolute Gasteiger partial charge is 0.465 e. The van der Waals surface area contributed by atoms with E-state index < -0.39 is 16.8 Å². The zero-order valence-corrected chi connectivity index (χ0v) is 15.0. The maximum atomic E-state index is 12.5. The molecule has 0 saturated carbocycles. The number of rotatable bonds is 5. The maximum Gasteiger partial charge on any atom is 0.340 e. The molecule has 0 atom stereocenters. The third kappa shape index (κ3) is 4.01. The Morgan fingerprint density at radius 1 is 1.07 bits per heavy atom. The lowest BCUT2D eigenvalue weighted by Gasteiger charge is -2.05. The second kappa shape index (κ2) is 7.79. The van der Waals surface area contributed by atoms with Crippen molar-refractivity contribution >= 4 is 33.9 Å². The summed E-state index contributed by atoms with van der Waals surface area (Å²) < 4.78 is 4.79. The summed E-state index contributed by atoms with van der Waals surface area (Å²) in [5.41, 5.74) is 1.05. The zero-order valence-electron chi connectivity index (χ0n) is 14.2. The second-order valence-corrected chi connectivity index (χ2v) is 6.52. The Kier molecular flexibility index (Phi) is 5.28. The van der Waals surface area contributed by atoms with Crippen LogP contribution in [-0.4, -0.2) is 23.9 Å². The minimum Gasteiger partial charge on any atom is -0.465 e. The van der Waals surface area contributed by atoms with Gasteiger partial charge in [0.05, 0.1) is 17.6 Å². The first kappa shape index (κ1) is 18.3. The number of thiophene rings is 1. The van der Waals surface area contributed by atoms with Crippen LogP contribution in [0, 0.1) is 10.1 Å². The zero-order chi connectivity index (χ0) is 19.4. The predicted octanol–water partition coefficient (Wildman–Crippen LogP) is 4.36. The fourth-order valence-electron chi connectivity index (χ4n) is 2.43. The van der Waals surface area contributed by atoms with Gasteiger partial charge in [0.25, 0.3) is 11.6 Å². The number of nitro benzene ring substituents is 1. The number of anilines is 1. The van der Waals surface area contributed by atoms with Gasteiger partial charge >= 0.3 is 5.97 Å². The van der Waals surface area contributed by atoms with E-state index in [2.05, 4.69) is 5.32 Å². The molecule has 3 rings (SSSR count). The number of esters is 1. The molecule has 0 unspecified atom stereocenters. The van der Waals surface area contributed by atoms with Gasteiger partial charge in [-0.3, -0.25) is 14.9 Å². The van der Waals surface area contributed by atoms with Gasteiger partial charge in [-0.1, -0.05) is 36.4 Å². The van der Waals surface area contributed by atoms with Crippen LogP contribution in [0.1, 0.15) is 20.7 Å². The van der Waals surface area contributed by atoms with Gasteiger partial charge in [0.2, 0.25) is 0 Å². The first-order valence-electron chi connectivity index (χ1n) is 7.83. The smallest absolute Gasteiger partial charge is 0.340 e. The average molecular weight is 382 g/mol. The number of nitro groups is 1. The number of hydrogen-bond acceptors (Lipinski definition) is 6. The minimum atomic E-state index is -0.581. The number of methoxy groups -OCH3 is 1. The lowest BCUT2D eigenvalue weighted by molar-refractivity contribution is -0.384. The molecule has 136 valence electrons. The summed E-state index contributed by atoms with van der Waals surface area (Å²) in [6.07, 6.45) is 0. The molecule has 2 aromatic carbocycles. The van der Waals surface area contributed by atoms with E-state index >= 15 is 0 Å². The van der Waals surface area contributed by atoms with Gasteiger partial charge in [0.15, 0.2) is 0 Å². The highest BCUT2D eigenvalue weighted by Gasteiger charge is 2.20. The van der Waals surface area contributed by atoms with Crippen LogP contribution in [0.2, 0.25) is 0 Å². The third-order valence-electron chi connectivity index (χ3n) is 3.74. The molecule has 27 heavy (non-hydrogen) atoms. The minimum absolute atomic E-state index is 0.120. The number of nitrogens with zero attached hydrogens (tertiary/aromatic N) is 1. The van der Waals surface area contributed by atoms with Gasteiger partial charge < -0.3 is 10.1 Å². The molecule has 0 radical (unpaired) electrons. The first-order chi connectivity index (χ1) is 13.0. The fourth-order valence-corrected chi connectivity index (χ4v) is 3.47. The standard InChI is InChI=1S/C19H14N2O5S/c1-26-19(23)15-11-16(12-6-3-2-4-7-12)27-18(15)20-17(22)13-8-5-9-14(10-13)21(24)25/h2-11H,1H3,(H,20,22). The molecule has 0 aliphatic heterocycles. The van der Waals surface area contributed by atoms with Crippen LogP contribution in [0.4, 0.5) is 10.7 Å². The monoisotopic (exact) mass is 382 g/mol. The second-order valence-electron chi connectivity index (χ2n) is 5.47. The highest BCUT2D eigenvalue weighted by Crippen LogP contribution is 2.36. The van der Waals surface area contributed by atoms with E-state index in [1.165, 1.54) is 42.7 Å². The lowest BCUT2D eigenvalue weighted by atomic mass is 10.1. The van der Waals surface area contributed by atoms with E-state index in [-0.39, 0.29) is 16.8 Å². The number of non-ortho nitro benzene ring substituents is 1. The number of carbonyl (C=O) groups is 2. The van der Waals surface area contributed by atoms with Crippen molar-refractivity contribution in [3.05, 3.63) is 81.9 Å². The van der Waals surface area contributed by atoms with Gasteiger partial charge in [-0.15, -0.1) is 11.3 Å². The summed E-state index contributed by atoms with van der Waals surface area (Å²) in [4.78, 5) is 35.7. The van der Waals surface area contributed by atoms with Crippen LogP contribution in [0.15, 0.2) is 60.7 Å². The number of benzene rings is 2. The number of ether oxygens (including phenoxy) is 1. The van der Waals surface area contributed by atoms with Gasteiger partial charge in [0, 0.05) is 22.6 Å². The summed E-state index contributed by atoms with van der Waals surface area (Å²) >= 11 is 1.22. The summed E-state index contributed by atoms with van der Waals surface area (Å²) in [6.45, 7) is 0. The Morgan fingerprint density at radius 2 is 1.81 bits per heavy atom. The van der Waals surface area contributed by atoms with Crippen LogP contribution < -0.4 is 5.32 Å². The van der Waals surface area contributed by atoms with Crippen molar-refractivity contribution in [2.24, 2.45) is 0 Å². The van der Waals surface area contributed by atoms with Gasteiger partial charge in [0.1, 0.15) is 5.00 Å². The number of amides is 1. The van der Waals surface area contributed by atoms with Crippen molar-refractivity contribution in [2.75, 3.05) is 12.4 Å². The number of carbonyl (C=O) groups excluding carboxylic acids is 2. The van der Waals surface area contributed by atoms with E-state index in [9.17, 15) is 19.7 Å². The highest BCUT2D eigenvalue weighted by molar-refractivity contribution is 7.20. The first-order valence-corrected chi connectivity index (χ1v) is 8.64. The van der Waals surface area contributed by atoms with Crippen molar-refractivity contribution in [3.8, 4) is 10.4 Å². The van der Waals surface area contributed by atoms with Crippen molar-refractivity contribution in [2.45, 2.75) is 0 Å². The average Bonchev–Trinajstić information content (AvgIpc) is 3.12. The fraction of sp³-hybridized carbons (Fsp3) is 0.0526. The summed E-state index contributed by atoms with van der Waals surface area (Å²) in [7, 11) is 1.26. The van der Waals surface area contributed by atoms with Crippen LogP contribution in [0.3, 0.4) is 0 Å². The Balaban J connectivity index is 1.94. The van der Waals surface area contributed by atoms with Crippen LogP contribution in [0.5, 0.6) is 0 Å². The Hall–Kier alpha value is -3.52. The van der Waals surface area contributed by atoms with E-state index in [0.29, 0.717) is 5.00 Å². The van der Waals surface area contributed by atoms with Crippen molar-refractivity contribution in [1.82, 2.24) is 0 Å². The molecule has 7 nitrogen and oxygen atoms in total. The van der Waals surface area contributed by atoms with Gasteiger partial charge in [-0.25, -0.2) is 4.79 Å². The maximum absolute atomic E-state index is 12.5. The van der Waals surface area contributed by atoms with E-state index in [4.69, 9.17) is 4.74 Å². The van der Waals surface area contributed by atoms with Gasteiger partial charge in [-0.05, 0) is 17.7 Å². The lowest BCUT2D eigenvalue weighted by Crippen LogP contribution is -2.13. The molecular weight excluding hydrogens is 368 g/mol. The normalized spacial score (nSPS) is 10.3. The molecule has 3 aromatic rings. The molecule has 1 amide bonds. The summed E-state index contributed by atoms with van der Waals surface area (Å²) in [5, 5.41) is 13.9. The number of hydrogen-bond donors (Lipinski definition) is 1. The third-order valence-corrected chi connectivity index (χ3v) is 4.84. The molecule has 1 aromatic heterocycles. The SMILES string of the molecule is COC(=O)c1cc(-c2ccccc2)sc1NC(=O)c1cccc([N+](=O)[O-])c1. The van der Waals surface area contributed by atoms with E-state index in [0.717, 1.165) is 10.4 Å². The Labute approximate surface area is 158 Å². The van der Waals surface area contributed by atoms with Gasteiger partial charge in [-0.2, -0.15) is 0 Å². The quantitative estimate of drug-likeness (QED) is 0.401. The molecule has 0 spiro atoms. The summed E-state index contributed by atoms with van der Waals surface area (Å²) in [6, 6.07) is 16.4. The topological polar surface area (TPSA) is 98.5 Å². The number of nitrogens with one attached hydrogen (secondary N) is 1. The molecular formula is C19H14N2O5S.